The zero-order valence-corrected chi connectivity index (χ0v) is 17.7. The molecule has 0 spiro atoms. The number of carbonyl (C=O) groups is 2. The summed E-state index contributed by atoms with van der Waals surface area (Å²) >= 11 is 0. The second-order valence-corrected chi connectivity index (χ2v) is 7.71. The van der Waals surface area contributed by atoms with Crippen LogP contribution in [0.4, 0.5) is 18.0 Å². The highest BCUT2D eigenvalue weighted by atomic mass is 19.4. The standard InChI is InChI=1S/C18H29F3N4O5/c1-16(2,3)30-15(27)25(10-11-29-5)9-7-22-13(26)12-17(28,18(19,20)21)14-23-6-8-24(14)4/h6,8,28H,7,9-12H2,1-5H3,(H,22,26). The highest BCUT2D eigenvalue weighted by molar-refractivity contribution is 5.77. The van der Waals surface area contributed by atoms with Gasteiger partial charge in [0.1, 0.15) is 5.60 Å². The van der Waals surface area contributed by atoms with Gasteiger partial charge in [0.2, 0.25) is 11.5 Å². The second kappa shape index (κ2) is 10.1. The maximum Gasteiger partial charge on any atom is 0.425 e. The average molecular weight is 438 g/mol. The van der Waals surface area contributed by atoms with Crippen LogP contribution < -0.4 is 5.32 Å². The van der Waals surface area contributed by atoms with Crippen LogP contribution in [0.5, 0.6) is 0 Å². The topological polar surface area (TPSA) is 106 Å². The van der Waals surface area contributed by atoms with E-state index in [0.29, 0.717) is 0 Å². The fraction of sp³-hybridized carbons (Fsp3) is 0.722. The van der Waals surface area contributed by atoms with E-state index in [1.807, 2.05) is 0 Å². The van der Waals surface area contributed by atoms with E-state index in [9.17, 15) is 27.9 Å². The van der Waals surface area contributed by atoms with Gasteiger partial charge in [-0.2, -0.15) is 13.2 Å². The van der Waals surface area contributed by atoms with Crippen LogP contribution in [0.25, 0.3) is 0 Å². The number of ether oxygens (including phenoxy) is 2. The van der Waals surface area contributed by atoms with E-state index in [2.05, 4.69) is 10.3 Å². The number of nitrogens with zero attached hydrogens (tertiary/aromatic N) is 3. The zero-order chi connectivity index (χ0) is 23.2. The highest BCUT2D eigenvalue weighted by Gasteiger charge is 2.58. The normalized spacial score (nSPS) is 14.2. The molecule has 0 aliphatic carbocycles. The van der Waals surface area contributed by atoms with Gasteiger partial charge in [-0.05, 0) is 20.8 Å². The van der Waals surface area contributed by atoms with E-state index in [4.69, 9.17) is 9.47 Å². The summed E-state index contributed by atoms with van der Waals surface area (Å²) < 4.78 is 51.7. The number of methoxy groups -OCH3 is 1. The summed E-state index contributed by atoms with van der Waals surface area (Å²) in [6.07, 6.45) is -4.71. The number of aryl methyl sites for hydroxylation is 1. The van der Waals surface area contributed by atoms with Crippen molar-refractivity contribution < 1.29 is 37.3 Å². The fourth-order valence-electron chi connectivity index (χ4n) is 2.52. The molecule has 0 aliphatic heterocycles. The van der Waals surface area contributed by atoms with Gasteiger partial charge in [0, 0.05) is 46.2 Å². The van der Waals surface area contributed by atoms with Crippen molar-refractivity contribution in [3.05, 3.63) is 18.2 Å². The van der Waals surface area contributed by atoms with Crippen molar-refractivity contribution in [2.45, 2.75) is 44.6 Å². The molecule has 0 saturated carbocycles. The van der Waals surface area contributed by atoms with Gasteiger partial charge >= 0.3 is 12.3 Å². The molecule has 2 amide bonds. The number of imidazole rings is 1. The van der Waals surface area contributed by atoms with Crippen molar-refractivity contribution in [3.63, 3.8) is 0 Å². The highest BCUT2D eigenvalue weighted by Crippen LogP contribution is 2.40. The molecule has 2 N–H and O–H groups in total. The van der Waals surface area contributed by atoms with Gasteiger partial charge in [-0.25, -0.2) is 9.78 Å². The molecule has 1 aromatic rings. The molecule has 1 heterocycles. The third-order valence-electron chi connectivity index (χ3n) is 4.00. The fourth-order valence-corrected chi connectivity index (χ4v) is 2.52. The molecule has 1 unspecified atom stereocenters. The molecule has 0 aliphatic rings. The zero-order valence-electron chi connectivity index (χ0n) is 17.7. The number of carbonyl (C=O) groups excluding carboxylic acids is 2. The van der Waals surface area contributed by atoms with Crippen molar-refractivity contribution in [1.29, 1.82) is 0 Å². The molecule has 1 rings (SSSR count). The van der Waals surface area contributed by atoms with Crippen LogP contribution >= 0.6 is 0 Å². The Morgan fingerprint density at radius 2 is 1.90 bits per heavy atom. The Bertz CT molecular complexity index is 717. The van der Waals surface area contributed by atoms with Crippen molar-refractivity contribution in [1.82, 2.24) is 19.8 Å². The number of hydrogen-bond acceptors (Lipinski definition) is 6. The summed E-state index contributed by atoms with van der Waals surface area (Å²) in [7, 11) is 2.73. The smallest absolute Gasteiger partial charge is 0.425 e. The number of alkyl halides is 3. The number of amides is 2. The molecule has 1 atom stereocenters. The third-order valence-corrected chi connectivity index (χ3v) is 4.00. The Morgan fingerprint density at radius 3 is 2.37 bits per heavy atom. The number of halogens is 3. The van der Waals surface area contributed by atoms with Crippen LogP contribution in [0.15, 0.2) is 12.4 Å². The van der Waals surface area contributed by atoms with Gasteiger partial charge in [0.15, 0.2) is 5.82 Å². The summed E-state index contributed by atoms with van der Waals surface area (Å²) in [5, 5.41) is 12.5. The Balaban J connectivity index is 2.76. The molecule has 0 saturated heterocycles. The van der Waals surface area contributed by atoms with Crippen LogP contribution in [0, 0.1) is 0 Å². The number of aromatic nitrogens is 2. The summed E-state index contributed by atoms with van der Waals surface area (Å²) in [5.74, 6) is -1.74. The van der Waals surface area contributed by atoms with Crippen molar-refractivity contribution in [2.75, 3.05) is 33.4 Å². The summed E-state index contributed by atoms with van der Waals surface area (Å²) in [6, 6.07) is 0. The van der Waals surface area contributed by atoms with E-state index in [1.54, 1.807) is 20.8 Å². The van der Waals surface area contributed by atoms with E-state index in [-0.39, 0.29) is 26.2 Å². The molecule has 172 valence electrons. The lowest BCUT2D eigenvalue weighted by Crippen LogP contribution is -2.49. The van der Waals surface area contributed by atoms with E-state index < -0.39 is 41.6 Å². The molecule has 9 nitrogen and oxygen atoms in total. The number of aliphatic hydroxyl groups is 1. The maximum atomic E-state index is 13.5. The minimum absolute atomic E-state index is 0.0170. The van der Waals surface area contributed by atoms with Crippen LogP contribution in [0.2, 0.25) is 0 Å². The summed E-state index contributed by atoms with van der Waals surface area (Å²) in [5.41, 5.74) is -4.19. The molecule has 1 aromatic heterocycles. The molecular weight excluding hydrogens is 409 g/mol. The quantitative estimate of drug-likeness (QED) is 0.606. The molecule has 0 bridgehead atoms. The Kier molecular flexibility index (Phi) is 8.66. The van der Waals surface area contributed by atoms with E-state index in [1.165, 1.54) is 25.3 Å². The van der Waals surface area contributed by atoms with E-state index >= 15 is 0 Å². The molecule has 0 radical (unpaired) electrons. The first-order valence-corrected chi connectivity index (χ1v) is 9.21. The first-order valence-electron chi connectivity index (χ1n) is 9.21. The van der Waals surface area contributed by atoms with Gasteiger partial charge in [-0.1, -0.05) is 0 Å². The summed E-state index contributed by atoms with van der Waals surface area (Å²) in [4.78, 5) is 29.2. The summed E-state index contributed by atoms with van der Waals surface area (Å²) in [6.45, 7) is 5.29. The minimum atomic E-state index is -5.12. The third kappa shape index (κ3) is 7.17. The van der Waals surface area contributed by atoms with Crippen molar-refractivity contribution >= 4 is 12.0 Å². The van der Waals surface area contributed by atoms with Crippen molar-refractivity contribution in [3.8, 4) is 0 Å². The number of rotatable bonds is 9. The van der Waals surface area contributed by atoms with Gasteiger partial charge < -0.3 is 29.4 Å². The molecule has 0 aromatic carbocycles. The molecule has 12 heteroatoms. The largest absolute Gasteiger partial charge is 0.444 e. The lowest BCUT2D eigenvalue weighted by Gasteiger charge is -2.30. The lowest BCUT2D eigenvalue weighted by molar-refractivity contribution is -0.271. The predicted octanol–water partition coefficient (Wildman–Crippen LogP) is 1.56. The first-order chi connectivity index (χ1) is 13.7. The van der Waals surface area contributed by atoms with Gasteiger partial charge in [-0.3, -0.25) is 4.79 Å². The van der Waals surface area contributed by atoms with E-state index in [0.717, 1.165) is 10.8 Å². The average Bonchev–Trinajstić information content (AvgIpc) is 3.01. The monoisotopic (exact) mass is 438 g/mol. The number of hydrogen-bond donors (Lipinski definition) is 2. The minimum Gasteiger partial charge on any atom is -0.444 e. The lowest BCUT2D eigenvalue weighted by atomic mass is 9.97. The molecule has 0 fully saturated rings. The van der Waals surface area contributed by atoms with Crippen LogP contribution in [0.3, 0.4) is 0 Å². The van der Waals surface area contributed by atoms with Crippen LogP contribution in [0.1, 0.15) is 33.0 Å². The predicted molar refractivity (Wildman–Crippen MR) is 100 cm³/mol. The van der Waals surface area contributed by atoms with Crippen LogP contribution in [-0.4, -0.2) is 76.7 Å². The Labute approximate surface area is 173 Å². The van der Waals surface area contributed by atoms with Crippen LogP contribution in [-0.2, 0) is 26.9 Å². The maximum absolute atomic E-state index is 13.5. The van der Waals surface area contributed by atoms with Crippen molar-refractivity contribution in [2.24, 2.45) is 7.05 Å². The Hall–Kier alpha value is -2.34. The number of nitrogens with one attached hydrogen (secondary N) is 1. The Morgan fingerprint density at radius 1 is 1.27 bits per heavy atom. The molecular formula is C18H29F3N4O5. The van der Waals surface area contributed by atoms with Gasteiger partial charge in [0.25, 0.3) is 0 Å². The molecule has 30 heavy (non-hydrogen) atoms. The van der Waals surface area contributed by atoms with Gasteiger partial charge in [0.05, 0.1) is 13.0 Å². The SMILES string of the molecule is COCCN(CCNC(=O)CC(O)(c1nccn1C)C(F)(F)F)C(=O)OC(C)(C)C. The first kappa shape index (κ1) is 25.7. The second-order valence-electron chi connectivity index (χ2n) is 7.71. The van der Waals surface area contributed by atoms with Gasteiger partial charge in [-0.15, -0.1) is 0 Å².